The van der Waals surface area contributed by atoms with Crippen LogP contribution in [0.15, 0.2) is 75.4 Å². The first-order chi connectivity index (χ1) is 14.7. The molecule has 0 radical (unpaired) electrons. The summed E-state index contributed by atoms with van der Waals surface area (Å²) in [6.45, 7) is 0. The topological polar surface area (TPSA) is 89.3 Å². The maximum Gasteiger partial charge on any atom is 0.262 e. The first kappa shape index (κ1) is 21.1. The number of nitrogens with one attached hydrogen (secondary N) is 1. The van der Waals surface area contributed by atoms with Crippen LogP contribution in [-0.2, 0) is 20.4 Å². The molecule has 158 valence electrons. The smallest absolute Gasteiger partial charge is 0.262 e. The quantitative estimate of drug-likeness (QED) is 0.440. The predicted molar refractivity (Wildman–Crippen MR) is 117 cm³/mol. The first-order valence-electron chi connectivity index (χ1n) is 9.09. The van der Waals surface area contributed by atoms with Gasteiger partial charge >= 0.3 is 0 Å². The number of nitrogen functional groups attached to an aromatic ring is 1. The van der Waals surface area contributed by atoms with Crippen LogP contribution < -0.4 is 11.1 Å². The Morgan fingerprint density at radius 1 is 1.00 bits per heavy atom. The predicted octanol–water partition coefficient (Wildman–Crippen LogP) is 4.61. The molecule has 0 saturated carbocycles. The van der Waals surface area contributed by atoms with Crippen molar-refractivity contribution in [1.82, 2.24) is 0 Å². The Balaban J connectivity index is 1.62. The second-order valence-electron chi connectivity index (χ2n) is 6.85. The van der Waals surface area contributed by atoms with Gasteiger partial charge in [-0.2, -0.15) is 0 Å². The van der Waals surface area contributed by atoms with E-state index < -0.39 is 32.8 Å². The van der Waals surface area contributed by atoms with Crippen LogP contribution in [0.4, 0.5) is 20.2 Å². The average Bonchev–Trinajstić information content (AvgIpc) is 2.72. The number of rotatable bonds is 4. The Bertz CT molecular complexity index is 1300. The van der Waals surface area contributed by atoms with E-state index in [1.165, 1.54) is 30.0 Å². The largest absolute Gasteiger partial charge is 0.399 e. The Morgan fingerprint density at radius 2 is 1.68 bits per heavy atom. The molecule has 1 aliphatic heterocycles. The lowest BCUT2D eigenvalue weighted by atomic mass is 10.2. The van der Waals surface area contributed by atoms with Gasteiger partial charge in [0.1, 0.15) is 11.6 Å². The number of thioether (sulfide) groups is 1. The minimum Gasteiger partial charge on any atom is -0.399 e. The summed E-state index contributed by atoms with van der Waals surface area (Å²) in [7, 11) is -4.04. The second kappa shape index (κ2) is 8.16. The molecule has 31 heavy (non-hydrogen) atoms. The molecule has 0 spiro atoms. The molecular formula is C22H16F2N2O3S2. The summed E-state index contributed by atoms with van der Waals surface area (Å²) in [6.07, 6.45) is 1.70. The molecule has 9 heteroatoms. The van der Waals surface area contributed by atoms with Gasteiger partial charge in [0.2, 0.25) is 0 Å². The molecule has 0 unspecified atom stereocenters. The number of anilines is 2. The van der Waals surface area contributed by atoms with Crippen LogP contribution in [-0.4, -0.2) is 14.3 Å². The van der Waals surface area contributed by atoms with Crippen LogP contribution in [0.5, 0.6) is 0 Å². The first-order valence-corrected chi connectivity index (χ1v) is 11.6. The minimum atomic E-state index is -4.04. The number of hydrogen-bond acceptors (Lipinski definition) is 5. The van der Waals surface area contributed by atoms with Gasteiger partial charge in [0, 0.05) is 16.1 Å². The number of nitrogens with two attached hydrogens (primary N) is 1. The number of benzene rings is 3. The van der Waals surface area contributed by atoms with E-state index in [0.29, 0.717) is 21.2 Å². The van der Waals surface area contributed by atoms with Crippen molar-refractivity contribution in [3.8, 4) is 0 Å². The van der Waals surface area contributed by atoms with Crippen LogP contribution in [0.1, 0.15) is 11.1 Å². The van der Waals surface area contributed by atoms with Crippen molar-refractivity contribution in [2.45, 2.75) is 15.5 Å². The van der Waals surface area contributed by atoms with E-state index in [9.17, 15) is 22.0 Å². The Labute approximate surface area is 181 Å². The number of hydrogen-bond donors (Lipinski definition) is 2. The lowest BCUT2D eigenvalue weighted by Crippen LogP contribution is -2.18. The standard InChI is InChI=1S/C22H16F2N2O3S2/c23-17-2-1-3-18(24)16(17)12-31(28,29)15-8-9-20-19(11-15)26-22(27)21(30-20)10-13-4-6-14(25)7-5-13/h1-11H,12,25H2,(H,26,27). The Morgan fingerprint density at radius 3 is 2.35 bits per heavy atom. The molecule has 1 aliphatic rings. The lowest BCUT2D eigenvalue weighted by molar-refractivity contribution is -0.112. The molecule has 5 nitrogen and oxygen atoms in total. The van der Waals surface area contributed by atoms with Gasteiger partial charge in [0.05, 0.1) is 21.2 Å². The van der Waals surface area contributed by atoms with Gasteiger partial charge in [-0.25, -0.2) is 17.2 Å². The van der Waals surface area contributed by atoms with Crippen molar-refractivity contribution in [3.05, 3.63) is 88.3 Å². The monoisotopic (exact) mass is 458 g/mol. The van der Waals surface area contributed by atoms with Gasteiger partial charge in [0.25, 0.3) is 5.91 Å². The summed E-state index contributed by atoms with van der Waals surface area (Å²) in [5.41, 5.74) is 6.87. The normalized spacial score (nSPS) is 14.9. The zero-order valence-electron chi connectivity index (χ0n) is 15.9. The van der Waals surface area contributed by atoms with Crippen molar-refractivity contribution < 1.29 is 22.0 Å². The molecule has 1 amide bonds. The number of fused-ring (bicyclic) bond motifs is 1. The number of halogens is 2. The van der Waals surface area contributed by atoms with E-state index in [-0.39, 0.29) is 10.8 Å². The summed E-state index contributed by atoms with van der Waals surface area (Å²) < 4.78 is 53.2. The van der Waals surface area contributed by atoms with E-state index in [4.69, 9.17) is 5.73 Å². The van der Waals surface area contributed by atoms with Crippen molar-refractivity contribution >= 4 is 45.0 Å². The van der Waals surface area contributed by atoms with Crippen molar-refractivity contribution in [1.29, 1.82) is 0 Å². The molecule has 1 heterocycles. The van der Waals surface area contributed by atoms with Crippen LogP contribution in [0, 0.1) is 11.6 Å². The van der Waals surface area contributed by atoms with Crippen LogP contribution in [0.2, 0.25) is 0 Å². The fourth-order valence-corrected chi connectivity index (χ4v) is 5.35. The Kier molecular flexibility index (Phi) is 5.55. The molecule has 4 rings (SSSR count). The van der Waals surface area contributed by atoms with E-state index in [1.807, 2.05) is 0 Å². The molecule has 0 aromatic heterocycles. The highest BCUT2D eigenvalue weighted by atomic mass is 32.2. The van der Waals surface area contributed by atoms with Crippen molar-refractivity contribution in [3.63, 3.8) is 0 Å². The SMILES string of the molecule is Nc1ccc(C=C2Sc3ccc(S(=O)(=O)Cc4c(F)cccc4F)cc3NC2=O)cc1. The van der Waals surface area contributed by atoms with Crippen LogP contribution in [0.25, 0.3) is 6.08 Å². The number of amides is 1. The van der Waals surface area contributed by atoms with E-state index in [2.05, 4.69) is 5.32 Å². The van der Waals surface area contributed by atoms with E-state index in [0.717, 1.165) is 17.7 Å². The summed E-state index contributed by atoms with van der Waals surface area (Å²) >= 11 is 1.20. The van der Waals surface area contributed by atoms with Crippen molar-refractivity contribution in [2.24, 2.45) is 0 Å². The molecule has 0 saturated heterocycles. The maximum absolute atomic E-state index is 13.9. The van der Waals surface area contributed by atoms with Crippen molar-refractivity contribution in [2.75, 3.05) is 11.1 Å². The molecule has 0 atom stereocenters. The van der Waals surface area contributed by atoms with Gasteiger partial charge in [-0.1, -0.05) is 30.0 Å². The molecule has 3 aromatic rings. The third kappa shape index (κ3) is 4.47. The van der Waals surface area contributed by atoms with Crippen LogP contribution in [0.3, 0.4) is 0 Å². The fourth-order valence-electron chi connectivity index (χ4n) is 3.02. The summed E-state index contributed by atoms with van der Waals surface area (Å²) in [5, 5.41) is 2.68. The molecule has 3 aromatic carbocycles. The van der Waals surface area contributed by atoms with Gasteiger partial charge < -0.3 is 11.1 Å². The molecule has 0 fully saturated rings. The van der Waals surface area contributed by atoms with Gasteiger partial charge in [-0.15, -0.1) is 0 Å². The zero-order chi connectivity index (χ0) is 22.2. The third-order valence-corrected chi connectivity index (χ3v) is 7.37. The summed E-state index contributed by atoms with van der Waals surface area (Å²) in [6, 6.07) is 14.4. The average molecular weight is 459 g/mol. The molecule has 0 aliphatic carbocycles. The number of sulfone groups is 1. The Hall–Kier alpha value is -3.17. The van der Waals surface area contributed by atoms with E-state index in [1.54, 1.807) is 36.4 Å². The van der Waals surface area contributed by atoms with Gasteiger partial charge in [-0.05, 0) is 54.1 Å². The molecule has 3 N–H and O–H groups in total. The summed E-state index contributed by atoms with van der Waals surface area (Å²) in [5.74, 6) is -3.07. The minimum absolute atomic E-state index is 0.138. The molecular weight excluding hydrogens is 442 g/mol. The zero-order valence-corrected chi connectivity index (χ0v) is 17.6. The highest BCUT2D eigenvalue weighted by molar-refractivity contribution is 8.04. The van der Waals surface area contributed by atoms with Crippen LogP contribution >= 0.6 is 11.8 Å². The lowest BCUT2D eigenvalue weighted by Gasteiger charge is -2.19. The number of carbonyl (C=O) groups excluding carboxylic acids is 1. The van der Waals surface area contributed by atoms with E-state index >= 15 is 0 Å². The third-order valence-electron chi connectivity index (χ3n) is 4.63. The fraction of sp³-hybridized carbons (Fsp3) is 0.0455. The van der Waals surface area contributed by atoms with Gasteiger partial charge in [-0.3, -0.25) is 4.79 Å². The number of carbonyl (C=O) groups is 1. The highest BCUT2D eigenvalue weighted by Gasteiger charge is 2.25. The molecule has 0 bridgehead atoms. The van der Waals surface area contributed by atoms with Gasteiger partial charge in [0.15, 0.2) is 9.84 Å². The highest BCUT2D eigenvalue weighted by Crippen LogP contribution is 2.40. The second-order valence-corrected chi connectivity index (χ2v) is 9.92. The summed E-state index contributed by atoms with van der Waals surface area (Å²) in [4.78, 5) is 13.4. The maximum atomic E-state index is 13.9.